The number of aliphatic hydroxyl groups excluding tert-OH is 1. The smallest absolute Gasteiger partial charge is 0.306 e. The molecule has 0 aromatic carbocycles. The highest BCUT2D eigenvalue weighted by Gasteiger charge is 2.33. The van der Waals surface area contributed by atoms with Crippen molar-refractivity contribution in [2.24, 2.45) is 5.41 Å². The highest BCUT2D eigenvalue weighted by molar-refractivity contribution is 5.86. The first-order valence-electron chi connectivity index (χ1n) is 9.56. The molecule has 0 aromatic heterocycles. The zero-order valence-corrected chi connectivity index (χ0v) is 17.4. The van der Waals surface area contributed by atoms with E-state index in [1.54, 1.807) is 0 Å². The van der Waals surface area contributed by atoms with Gasteiger partial charge in [0.05, 0.1) is 12.5 Å². The van der Waals surface area contributed by atoms with Gasteiger partial charge in [-0.05, 0) is 26.7 Å². The fourth-order valence-electron chi connectivity index (χ4n) is 2.76. The molecular weight excluding hydrogens is 318 g/mol. The summed E-state index contributed by atoms with van der Waals surface area (Å²) in [6, 6.07) is 0. The van der Waals surface area contributed by atoms with E-state index in [1.807, 2.05) is 20.8 Å². The lowest BCUT2D eigenvalue weighted by molar-refractivity contribution is -0.146. The molecule has 0 radical (unpaired) electrons. The van der Waals surface area contributed by atoms with E-state index in [2.05, 4.69) is 32.6 Å². The van der Waals surface area contributed by atoms with Crippen LogP contribution in [0.3, 0.4) is 0 Å². The van der Waals surface area contributed by atoms with Gasteiger partial charge in [0.2, 0.25) is 0 Å². The number of aliphatic hydroxyl groups is 1. The minimum absolute atomic E-state index is 0.0771. The normalized spacial score (nSPS) is 20.4. The first-order chi connectivity index (χ1) is 11.4. The standard InChI is InChI=1S/C17H31NO4.C3H8/c1-16(2,3)14(20)6-7-15(21)22-11-10-18-9-8-13(19)12-17(18,4)5;1-3-2/h13,19H,6-12H2,1-5H3;3H2,1-2H3. The van der Waals surface area contributed by atoms with Crippen LogP contribution in [-0.4, -0.2) is 53.1 Å². The number of Topliss-reactive ketones (excluding diaryl/α,β-unsaturated/α-hetero) is 1. The van der Waals surface area contributed by atoms with Gasteiger partial charge in [0, 0.05) is 30.5 Å². The summed E-state index contributed by atoms with van der Waals surface area (Å²) in [7, 11) is 0. The van der Waals surface area contributed by atoms with Crippen molar-refractivity contribution in [2.45, 2.75) is 92.2 Å². The molecule has 0 saturated carbocycles. The summed E-state index contributed by atoms with van der Waals surface area (Å²) in [6.07, 6.45) is 2.90. The molecule has 5 nitrogen and oxygen atoms in total. The molecule has 0 aliphatic carbocycles. The zero-order chi connectivity index (χ0) is 19.7. The number of esters is 1. The molecule has 1 aliphatic heterocycles. The highest BCUT2D eigenvalue weighted by Crippen LogP contribution is 2.27. The Morgan fingerprint density at radius 2 is 1.76 bits per heavy atom. The zero-order valence-electron chi connectivity index (χ0n) is 17.4. The second-order valence-electron chi connectivity index (χ2n) is 8.55. The molecule has 0 amide bonds. The van der Waals surface area contributed by atoms with Gasteiger partial charge in [0.25, 0.3) is 0 Å². The van der Waals surface area contributed by atoms with E-state index in [4.69, 9.17) is 4.74 Å². The Labute approximate surface area is 154 Å². The number of carbonyl (C=O) groups is 2. The molecule has 0 bridgehead atoms. The lowest BCUT2D eigenvalue weighted by atomic mass is 9.88. The molecule has 1 fully saturated rings. The van der Waals surface area contributed by atoms with Gasteiger partial charge in [-0.25, -0.2) is 0 Å². The second kappa shape index (κ2) is 10.9. The topological polar surface area (TPSA) is 66.8 Å². The van der Waals surface area contributed by atoms with Crippen LogP contribution >= 0.6 is 0 Å². The van der Waals surface area contributed by atoms with Gasteiger partial charge in [0.1, 0.15) is 12.4 Å². The highest BCUT2D eigenvalue weighted by atomic mass is 16.5. The molecule has 148 valence electrons. The van der Waals surface area contributed by atoms with Crippen molar-refractivity contribution in [3.8, 4) is 0 Å². The van der Waals surface area contributed by atoms with Crippen LogP contribution in [0.2, 0.25) is 0 Å². The Bertz CT molecular complexity index is 412. The molecule has 25 heavy (non-hydrogen) atoms. The van der Waals surface area contributed by atoms with Crippen LogP contribution in [0, 0.1) is 5.41 Å². The minimum Gasteiger partial charge on any atom is -0.464 e. The molecule has 1 heterocycles. The molecule has 0 aromatic rings. The van der Waals surface area contributed by atoms with Crippen LogP contribution in [0.1, 0.15) is 80.6 Å². The Hall–Kier alpha value is -0.940. The first kappa shape index (κ1) is 24.1. The van der Waals surface area contributed by atoms with Crippen molar-refractivity contribution in [3.63, 3.8) is 0 Å². The number of hydrogen-bond acceptors (Lipinski definition) is 5. The van der Waals surface area contributed by atoms with E-state index in [0.717, 1.165) is 19.4 Å². The largest absolute Gasteiger partial charge is 0.464 e. The predicted molar refractivity (Wildman–Crippen MR) is 102 cm³/mol. The SMILES string of the molecule is CC(C)(C)C(=O)CCC(=O)OCCN1CCC(O)CC1(C)C.CCC. The van der Waals surface area contributed by atoms with E-state index >= 15 is 0 Å². The summed E-state index contributed by atoms with van der Waals surface area (Å²) >= 11 is 0. The van der Waals surface area contributed by atoms with Crippen molar-refractivity contribution in [2.75, 3.05) is 19.7 Å². The lowest BCUT2D eigenvalue weighted by Gasteiger charge is -2.44. The summed E-state index contributed by atoms with van der Waals surface area (Å²) < 4.78 is 5.23. The van der Waals surface area contributed by atoms with Gasteiger partial charge in [-0.15, -0.1) is 0 Å². The number of piperidine rings is 1. The summed E-state index contributed by atoms with van der Waals surface area (Å²) in [5, 5.41) is 9.72. The van der Waals surface area contributed by atoms with Gasteiger partial charge >= 0.3 is 5.97 Å². The molecule has 1 unspecified atom stereocenters. The van der Waals surface area contributed by atoms with Crippen molar-refractivity contribution >= 4 is 11.8 Å². The summed E-state index contributed by atoms with van der Waals surface area (Å²) in [5.41, 5.74) is -0.481. The second-order valence-corrected chi connectivity index (χ2v) is 8.55. The molecular formula is C20H39NO4. The first-order valence-corrected chi connectivity index (χ1v) is 9.56. The number of rotatable bonds is 6. The quantitative estimate of drug-likeness (QED) is 0.736. The van der Waals surface area contributed by atoms with Gasteiger partial charge in [-0.1, -0.05) is 41.0 Å². The van der Waals surface area contributed by atoms with E-state index < -0.39 is 5.41 Å². The van der Waals surface area contributed by atoms with Crippen LogP contribution in [0.5, 0.6) is 0 Å². The number of hydrogen-bond donors (Lipinski definition) is 1. The molecule has 1 N–H and O–H groups in total. The van der Waals surface area contributed by atoms with Gasteiger partial charge in [0.15, 0.2) is 0 Å². The van der Waals surface area contributed by atoms with Crippen LogP contribution in [0.15, 0.2) is 0 Å². The number of carbonyl (C=O) groups excluding carboxylic acids is 2. The van der Waals surface area contributed by atoms with Crippen LogP contribution < -0.4 is 0 Å². The van der Waals surface area contributed by atoms with E-state index in [0.29, 0.717) is 13.2 Å². The Morgan fingerprint density at radius 1 is 1.20 bits per heavy atom. The maximum absolute atomic E-state index is 11.8. The van der Waals surface area contributed by atoms with Crippen molar-refractivity contribution in [1.82, 2.24) is 4.90 Å². The predicted octanol–water partition coefficient (Wildman–Crippen LogP) is 3.58. The number of nitrogens with zero attached hydrogens (tertiary/aromatic N) is 1. The molecule has 1 rings (SSSR count). The fraction of sp³-hybridized carbons (Fsp3) is 0.900. The molecule has 1 aliphatic rings. The number of ether oxygens (including phenoxy) is 1. The van der Waals surface area contributed by atoms with Gasteiger partial charge in [-0.2, -0.15) is 0 Å². The van der Waals surface area contributed by atoms with E-state index in [-0.39, 0.29) is 36.2 Å². The van der Waals surface area contributed by atoms with Gasteiger partial charge < -0.3 is 9.84 Å². The van der Waals surface area contributed by atoms with E-state index in [9.17, 15) is 14.7 Å². The third-order valence-electron chi connectivity index (χ3n) is 4.34. The van der Waals surface area contributed by atoms with E-state index in [1.165, 1.54) is 6.42 Å². The van der Waals surface area contributed by atoms with Crippen LogP contribution in [0.25, 0.3) is 0 Å². The molecule has 0 spiro atoms. The summed E-state index contributed by atoms with van der Waals surface area (Å²) in [4.78, 5) is 25.7. The van der Waals surface area contributed by atoms with Gasteiger partial charge in [-0.3, -0.25) is 14.5 Å². The average Bonchev–Trinajstić information content (AvgIpc) is 2.46. The Kier molecular flexibility index (Phi) is 10.5. The van der Waals surface area contributed by atoms with Crippen LogP contribution in [-0.2, 0) is 14.3 Å². The third-order valence-corrected chi connectivity index (χ3v) is 4.34. The summed E-state index contributed by atoms with van der Waals surface area (Å²) in [6.45, 7) is 15.8. The van der Waals surface area contributed by atoms with Crippen molar-refractivity contribution < 1.29 is 19.4 Å². The molecule has 1 saturated heterocycles. The molecule has 5 heteroatoms. The number of ketones is 1. The number of likely N-dealkylation sites (tertiary alicyclic amines) is 1. The molecule has 1 atom stereocenters. The van der Waals surface area contributed by atoms with Crippen molar-refractivity contribution in [3.05, 3.63) is 0 Å². The fourth-order valence-corrected chi connectivity index (χ4v) is 2.76. The lowest BCUT2D eigenvalue weighted by Crippen LogP contribution is -2.52. The maximum Gasteiger partial charge on any atom is 0.306 e. The monoisotopic (exact) mass is 357 g/mol. The minimum atomic E-state index is -0.404. The Morgan fingerprint density at radius 3 is 2.24 bits per heavy atom. The van der Waals surface area contributed by atoms with Crippen molar-refractivity contribution in [1.29, 1.82) is 0 Å². The van der Waals surface area contributed by atoms with Crippen LogP contribution in [0.4, 0.5) is 0 Å². The Balaban J connectivity index is 0.00000178. The average molecular weight is 358 g/mol. The third kappa shape index (κ3) is 9.95. The maximum atomic E-state index is 11.8. The summed E-state index contributed by atoms with van der Waals surface area (Å²) in [5.74, 6) is -0.233.